The highest BCUT2D eigenvalue weighted by atomic mass is 16.3. The predicted octanol–water partition coefficient (Wildman–Crippen LogP) is 2.27. The molecule has 7 nitrogen and oxygen atoms in total. The SMILES string of the molecule is CC(=O)NC(CC(C)C)c1nnc2n1CCN(Cc1ccccc1O)CC2. The number of phenolic OH excluding ortho intramolecular Hbond substituents is 1. The number of hydrogen-bond acceptors (Lipinski definition) is 5. The average molecular weight is 371 g/mol. The normalized spacial score (nSPS) is 16.0. The van der Waals surface area contributed by atoms with Gasteiger partial charge in [0.25, 0.3) is 0 Å². The van der Waals surface area contributed by atoms with Gasteiger partial charge in [0, 0.05) is 45.1 Å². The number of aromatic nitrogens is 3. The fourth-order valence-corrected chi connectivity index (χ4v) is 3.64. The van der Waals surface area contributed by atoms with Crippen LogP contribution in [0.3, 0.4) is 0 Å². The predicted molar refractivity (Wildman–Crippen MR) is 103 cm³/mol. The second-order valence-electron chi connectivity index (χ2n) is 7.66. The van der Waals surface area contributed by atoms with Gasteiger partial charge in [0.1, 0.15) is 11.6 Å². The molecule has 7 heteroatoms. The molecule has 27 heavy (non-hydrogen) atoms. The number of amides is 1. The fourth-order valence-electron chi connectivity index (χ4n) is 3.64. The molecule has 2 N–H and O–H groups in total. The van der Waals surface area contributed by atoms with Crippen LogP contribution in [0.1, 0.15) is 50.4 Å². The summed E-state index contributed by atoms with van der Waals surface area (Å²) >= 11 is 0. The van der Waals surface area contributed by atoms with Gasteiger partial charge in [-0.3, -0.25) is 9.69 Å². The Kier molecular flexibility index (Phi) is 6.11. The monoisotopic (exact) mass is 371 g/mol. The number of benzene rings is 1. The van der Waals surface area contributed by atoms with Crippen LogP contribution in [0.4, 0.5) is 0 Å². The third-order valence-electron chi connectivity index (χ3n) is 4.93. The second kappa shape index (κ2) is 8.52. The van der Waals surface area contributed by atoms with Crippen LogP contribution in [0.5, 0.6) is 5.75 Å². The Morgan fingerprint density at radius 1 is 1.22 bits per heavy atom. The van der Waals surface area contributed by atoms with E-state index in [2.05, 4.69) is 38.8 Å². The largest absolute Gasteiger partial charge is 0.508 e. The third kappa shape index (κ3) is 4.86. The van der Waals surface area contributed by atoms with E-state index in [1.807, 2.05) is 18.2 Å². The number of aromatic hydroxyl groups is 1. The van der Waals surface area contributed by atoms with Gasteiger partial charge in [0.15, 0.2) is 5.82 Å². The Hall–Kier alpha value is -2.41. The lowest BCUT2D eigenvalue weighted by molar-refractivity contribution is -0.119. The van der Waals surface area contributed by atoms with E-state index < -0.39 is 0 Å². The summed E-state index contributed by atoms with van der Waals surface area (Å²) in [7, 11) is 0. The topological polar surface area (TPSA) is 83.3 Å². The van der Waals surface area contributed by atoms with Crippen molar-refractivity contribution in [2.75, 3.05) is 13.1 Å². The average Bonchev–Trinajstić information content (AvgIpc) is 2.90. The van der Waals surface area contributed by atoms with E-state index in [-0.39, 0.29) is 11.9 Å². The fraction of sp³-hybridized carbons (Fsp3) is 0.550. The van der Waals surface area contributed by atoms with Gasteiger partial charge in [-0.2, -0.15) is 0 Å². The van der Waals surface area contributed by atoms with Crippen LogP contribution in [-0.4, -0.2) is 43.8 Å². The maximum absolute atomic E-state index is 11.7. The first kappa shape index (κ1) is 19.4. The van der Waals surface area contributed by atoms with Crippen LogP contribution in [-0.2, 0) is 24.3 Å². The van der Waals surface area contributed by atoms with Crippen molar-refractivity contribution in [1.82, 2.24) is 25.0 Å². The maximum Gasteiger partial charge on any atom is 0.217 e. The Morgan fingerprint density at radius 2 is 2.00 bits per heavy atom. The van der Waals surface area contributed by atoms with E-state index in [0.717, 1.165) is 49.7 Å². The van der Waals surface area contributed by atoms with Gasteiger partial charge in [-0.15, -0.1) is 10.2 Å². The van der Waals surface area contributed by atoms with Crippen LogP contribution in [0.15, 0.2) is 24.3 Å². The number of phenols is 1. The molecule has 0 spiro atoms. The van der Waals surface area contributed by atoms with Crippen molar-refractivity contribution in [1.29, 1.82) is 0 Å². The number of fused-ring (bicyclic) bond motifs is 1. The van der Waals surface area contributed by atoms with Gasteiger partial charge in [0.2, 0.25) is 5.91 Å². The van der Waals surface area contributed by atoms with Crippen molar-refractivity contribution in [3.05, 3.63) is 41.5 Å². The van der Waals surface area contributed by atoms with Crippen LogP contribution in [0.25, 0.3) is 0 Å². The van der Waals surface area contributed by atoms with Gasteiger partial charge in [-0.1, -0.05) is 32.0 Å². The molecule has 0 saturated heterocycles. The Labute approximate surface area is 160 Å². The van der Waals surface area contributed by atoms with Gasteiger partial charge in [-0.05, 0) is 18.4 Å². The zero-order valence-electron chi connectivity index (χ0n) is 16.4. The van der Waals surface area contributed by atoms with Gasteiger partial charge in [0.05, 0.1) is 6.04 Å². The van der Waals surface area contributed by atoms with E-state index in [0.29, 0.717) is 18.2 Å². The molecule has 1 aliphatic heterocycles. The van der Waals surface area contributed by atoms with E-state index in [1.165, 1.54) is 0 Å². The van der Waals surface area contributed by atoms with Gasteiger partial charge >= 0.3 is 0 Å². The molecule has 1 unspecified atom stereocenters. The van der Waals surface area contributed by atoms with E-state index >= 15 is 0 Å². The Balaban J connectivity index is 1.74. The van der Waals surface area contributed by atoms with Crippen molar-refractivity contribution < 1.29 is 9.90 Å². The molecule has 3 rings (SSSR count). The van der Waals surface area contributed by atoms with Crippen LogP contribution in [0.2, 0.25) is 0 Å². The van der Waals surface area contributed by atoms with Gasteiger partial charge < -0.3 is 15.0 Å². The molecule has 0 aliphatic carbocycles. The summed E-state index contributed by atoms with van der Waals surface area (Å²) in [5, 5.41) is 21.9. The molecule has 1 amide bonds. The first-order valence-corrected chi connectivity index (χ1v) is 9.62. The minimum atomic E-state index is -0.117. The summed E-state index contributed by atoms with van der Waals surface area (Å²) in [6.07, 6.45) is 1.63. The molecule has 2 aromatic rings. The standard InChI is InChI=1S/C20H29N5O2/c1-14(2)12-17(21-15(3)26)20-23-22-19-8-9-24(10-11-25(19)20)13-16-6-4-5-7-18(16)27/h4-7,14,17,27H,8-13H2,1-3H3,(H,21,26). The quantitative estimate of drug-likeness (QED) is 0.814. The zero-order valence-corrected chi connectivity index (χ0v) is 16.4. The highest BCUT2D eigenvalue weighted by Gasteiger charge is 2.25. The van der Waals surface area contributed by atoms with Crippen LogP contribution < -0.4 is 5.32 Å². The van der Waals surface area contributed by atoms with Gasteiger partial charge in [-0.25, -0.2) is 0 Å². The van der Waals surface area contributed by atoms with E-state index in [4.69, 9.17) is 0 Å². The summed E-state index contributed by atoms with van der Waals surface area (Å²) in [5.41, 5.74) is 0.936. The summed E-state index contributed by atoms with van der Waals surface area (Å²) < 4.78 is 2.16. The lowest BCUT2D eigenvalue weighted by Crippen LogP contribution is -2.31. The number of para-hydroxylation sites is 1. The van der Waals surface area contributed by atoms with Crippen molar-refractivity contribution in [2.24, 2.45) is 5.92 Å². The van der Waals surface area contributed by atoms with Crippen molar-refractivity contribution in [2.45, 2.75) is 52.7 Å². The number of hydrogen-bond donors (Lipinski definition) is 2. The minimum Gasteiger partial charge on any atom is -0.508 e. The molecular formula is C20H29N5O2. The van der Waals surface area contributed by atoms with Crippen LogP contribution in [0, 0.1) is 5.92 Å². The number of carbonyl (C=O) groups is 1. The second-order valence-corrected chi connectivity index (χ2v) is 7.66. The number of nitrogens with one attached hydrogen (secondary N) is 1. The Morgan fingerprint density at radius 3 is 2.70 bits per heavy atom. The zero-order chi connectivity index (χ0) is 19.4. The van der Waals surface area contributed by atoms with Crippen molar-refractivity contribution in [3.63, 3.8) is 0 Å². The molecular weight excluding hydrogens is 342 g/mol. The first-order chi connectivity index (χ1) is 12.9. The lowest BCUT2D eigenvalue weighted by Gasteiger charge is -2.22. The molecule has 0 saturated carbocycles. The number of carbonyl (C=O) groups excluding carboxylic acids is 1. The van der Waals surface area contributed by atoms with Crippen molar-refractivity contribution >= 4 is 5.91 Å². The summed E-state index contributed by atoms with van der Waals surface area (Å²) in [4.78, 5) is 14.0. The molecule has 1 aliphatic rings. The molecule has 2 heterocycles. The number of nitrogens with zero attached hydrogens (tertiary/aromatic N) is 4. The smallest absolute Gasteiger partial charge is 0.217 e. The summed E-state index contributed by atoms with van der Waals surface area (Å²) in [6, 6.07) is 7.36. The minimum absolute atomic E-state index is 0.0483. The summed E-state index contributed by atoms with van der Waals surface area (Å²) in [6.45, 7) is 9.02. The molecule has 0 radical (unpaired) electrons. The highest BCUT2D eigenvalue weighted by Crippen LogP contribution is 2.23. The number of rotatable bonds is 6. The molecule has 1 aromatic carbocycles. The molecule has 1 aromatic heterocycles. The van der Waals surface area contributed by atoms with E-state index in [1.54, 1.807) is 13.0 Å². The lowest BCUT2D eigenvalue weighted by atomic mass is 10.0. The van der Waals surface area contributed by atoms with Crippen molar-refractivity contribution in [3.8, 4) is 5.75 Å². The third-order valence-corrected chi connectivity index (χ3v) is 4.93. The van der Waals surface area contributed by atoms with Crippen LogP contribution >= 0.6 is 0 Å². The molecule has 0 bridgehead atoms. The molecule has 0 fully saturated rings. The van der Waals surface area contributed by atoms with E-state index in [9.17, 15) is 9.90 Å². The molecule has 1 atom stereocenters. The maximum atomic E-state index is 11.7. The first-order valence-electron chi connectivity index (χ1n) is 9.62. The summed E-state index contributed by atoms with van der Waals surface area (Å²) in [5.74, 6) is 2.54. The Bertz CT molecular complexity index is 786. The highest BCUT2D eigenvalue weighted by molar-refractivity contribution is 5.73. The molecule has 146 valence electrons.